The maximum absolute atomic E-state index is 12.4. The van der Waals surface area contributed by atoms with Gasteiger partial charge in [-0.25, -0.2) is 4.79 Å². The number of amides is 2. The van der Waals surface area contributed by atoms with Crippen LogP contribution in [0.2, 0.25) is 0 Å². The van der Waals surface area contributed by atoms with Gasteiger partial charge >= 0.3 is 5.97 Å². The average molecular weight is 320 g/mol. The van der Waals surface area contributed by atoms with Crippen molar-refractivity contribution in [3.63, 3.8) is 0 Å². The molecule has 0 aliphatic carbocycles. The first-order valence-electron chi connectivity index (χ1n) is 7.80. The highest BCUT2D eigenvalue weighted by molar-refractivity contribution is 6.03. The van der Waals surface area contributed by atoms with E-state index in [4.69, 9.17) is 4.74 Å². The summed E-state index contributed by atoms with van der Waals surface area (Å²) < 4.78 is 4.97. The lowest BCUT2D eigenvalue weighted by Gasteiger charge is -2.17. The van der Waals surface area contributed by atoms with Crippen molar-refractivity contribution in [2.45, 2.75) is 27.2 Å². The summed E-state index contributed by atoms with van der Waals surface area (Å²) in [6, 6.07) is 4.41. The van der Waals surface area contributed by atoms with Crippen LogP contribution in [-0.4, -0.2) is 49.4 Å². The molecular formula is C17H24N2O4. The van der Waals surface area contributed by atoms with E-state index in [1.54, 1.807) is 25.8 Å². The molecule has 0 atom stereocenters. The summed E-state index contributed by atoms with van der Waals surface area (Å²) in [5.41, 5.74) is 0.766. The highest BCUT2D eigenvalue weighted by atomic mass is 16.5. The fraction of sp³-hybridized carbons (Fsp3) is 0.471. The molecular weight excluding hydrogens is 296 g/mol. The van der Waals surface area contributed by atoms with Gasteiger partial charge in [0.1, 0.15) is 0 Å². The summed E-state index contributed by atoms with van der Waals surface area (Å²) in [5.74, 6) is -1.11. The number of rotatable bonds is 7. The number of ether oxygens (including phenoxy) is 1. The average Bonchev–Trinajstić information content (AvgIpc) is 2.54. The highest BCUT2D eigenvalue weighted by Gasteiger charge is 2.18. The minimum absolute atomic E-state index is 0.198. The molecule has 0 aliphatic heterocycles. The first-order valence-corrected chi connectivity index (χ1v) is 7.80. The third-order valence-corrected chi connectivity index (χ3v) is 3.20. The Labute approximate surface area is 136 Å². The van der Waals surface area contributed by atoms with Crippen LogP contribution in [0.4, 0.5) is 0 Å². The smallest absolute Gasteiger partial charge is 0.338 e. The zero-order valence-corrected chi connectivity index (χ0v) is 14.1. The summed E-state index contributed by atoms with van der Waals surface area (Å²) in [7, 11) is 1.69. The Bertz CT molecular complexity index is 548. The number of benzene rings is 1. The summed E-state index contributed by atoms with van der Waals surface area (Å²) in [5, 5.41) is 2.66. The molecule has 0 fully saturated rings. The molecule has 1 aromatic carbocycles. The van der Waals surface area contributed by atoms with Crippen molar-refractivity contribution in [3.05, 3.63) is 34.9 Å². The molecule has 1 aromatic rings. The first kappa shape index (κ1) is 18.7. The normalized spacial score (nSPS) is 10.1. The summed E-state index contributed by atoms with van der Waals surface area (Å²) in [4.78, 5) is 38.0. The minimum atomic E-state index is -0.550. The van der Waals surface area contributed by atoms with Crippen molar-refractivity contribution in [1.82, 2.24) is 10.2 Å². The number of hydrogen-bond donors (Lipinski definition) is 1. The number of carbonyl (C=O) groups is 3. The van der Waals surface area contributed by atoms with E-state index in [-0.39, 0.29) is 29.5 Å². The Hall–Kier alpha value is -2.37. The molecule has 0 bridgehead atoms. The number of nitrogens with zero attached hydrogens (tertiary/aromatic N) is 1. The van der Waals surface area contributed by atoms with Crippen LogP contribution in [0.5, 0.6) is 0 Å². The number of carbonyl (C=O) groups excluding carboxylic acids is 3. The lowest BCUT2D eigenvalue weighted by atomic mass is 10.0. The molecule has 6 nitrogen and oxygen atoms in total. The molecule has 0 heterocycles. The zero-order chi connectivity index (χ0) is 17.4. The van der Waals surface area contributed by atoms with Crippen molar-refractivity contribution >= 4 is 17.8 Å². The third kappa shape index (κ3) is 5.09. The van der Waals surface area contributed by atoms with Gasteiger partial charge in [-0.2, -0.15) is 0 Å². The van der Waals surface area contributed by atoms with Gasteiger partial charge in [-0.3, -0.25) is 9.59 Å². The number of nitrogens with one attached hydrogen (secondary N) is 1. The van der Waals surface area contributed by atoms with Crippen LogP contribution in [0.3, 0.4) is 0 Å². The van der Waals surface area contributed by atoms with Crippen molar-refractivity contribution in [1.29, 1.82) is 0 Å². The Kier molecular flexibility index (Phi) is 7.25. The van der Waals surface area contributed by atoms with Gasteiger partial charge in [0.2, 0.25) is 0 Å². The largest absolute Gasteiger partial charge is 0.462 e. The van der Waals surface area contributed by atoms with E-state index in [0.29, 0.717) is 18.7 Å². The maximum atomic E-state index is 12.4. The van der Waals surface area contributed by atoms with Gasteiger partial charge in [0, 0.05) is 31.3 Å². The predicted molar refractivity (Wildman–Crippen MR) is 87.7 cm³/mol. The summed E-state index contributed by atoms with van der Waals surface area (Å²) in [6.07, 6.45) is 0.822. The van der Waals surface area contributed by atoms with Crippen LogP contribution < -0.4 is 5.32 Å². The molecule has 0 spiro atoms. The lowest BCUT2D eigenvalue weighted by Crippen LogP contribution is -2.29. The van der Waals surface area contributed by atoms with Crippen molar-refractivity contribution in [2.75, 3.05) is 26.7 Å². The summed E-state index contributed by atoms with van der Waals surface area (Å²) in [6.45, 7) is 6.75. The molecule has 0 saturated heterocycles. The van der Waals surface area contributed by atoms with Crippen molar-refractivity contribution in [3.8, 4) is 0 Å². The Morgan fingerprint density at radius 2 is 1.65 bits per heavy atom. The Balaban J connectivity index is 3.25. The van der Waals surface area contributed by atoms with Gasteiger partial charge in [-0.1, -0.05) is 6.92 Å². The van der Waals surface area contributed by atoms with Crippen LogP contribution in [-0.2, 0) is 4.74 Å². The third-order valence-electron chi connectivity index (χ3n) is 3.20. The SMILES string of the molecule is CCCN(C)C(=O)c1cc(C(=O)NCC)cc(C(=O)OCC)c1. The van der Waals surface area contributed by atoms with E-state index in [1.807, 2.05) is 6.92 Å². The molecule has 0 aromatic heterocycles. The van der Waals surface area contributed by atoms with Gasteiger partial charge in [-0.05, 0) is 38.5 Å². The second-order valence-corrected chi connectivity index (χ2v) is 5.11. The van der Waals surface area contributed by atoms with Gasteiger partial charge in [0.15, 0.2) is 0 Å². The lowest BCUT2D eigenvalue weighted by molar-refractivity contribution is 0.0526. The second-order valence-electron chi connectivity index (χ2n) is 5.11. The zero-order valence-electron chi connectivity index (χ0n) is 14.1. The first-order chi connectivity index (χ1) is 10.9. The standard InChI is InChI=1S/C17H24N2O4/c1-5-8-19(4)16(21)13-9-12(15(20)18-6-2)10-14(11-13)17(22)23-7-3/h9-11H,5-8H2,1-4H3,(H,18,20). The molecule has 1 rings (SSSR count). The van der Waals surface area contributed by atoms with E-state index < -0.39 is 5.97 Å². The van der Waals surface area contributed by atoms with Crippen LogP contribution >= 0.6 is 0 Å². The molecule has 2 amide bonds. The number of esters is 1. The van der Waals surface area contributed by atoms with Crippen LogP contribution in [0.1, 0.15) is 58.3 Å². The Morgan fingerprint density at radius 3 is 2.22 bits per heavy atom. The van der Waals surface area contributed by atoms with Crippen LogP contribution in [0, 0.1) is 0 Å². The molecule has 0 unspecified atom stereocenters. The predicted octanol–water partition coefficient (Wildman–Crippen LogP) is 2.09. The molecule has 0 aliphatic rings. The van der Waals surface area contributed by atoms with Crippen LogP contribution in [0.15, 0.2) is 18.2 Å². The maximum Gasteiger partial charge on any atom is 0.338 e. The second kappa shape index (κ2) is 8.92. The molecule has 1 N–H and O–H groups in total. The fourth-order valence-electron chi connectivity index (χ4n) is 2.13. The minimum Gasteiger partial charge on any atom is -0.462 e. The van der Waals surface area contributed by atoms with E-state index in [2.05, 4.69) is 5.32 Å². The highest BCUT2D eigenvalue weighted by Crippen LogP contribution is 2.14. The molecule has 0 radical (unpaired) electrons. The van der Waals surface area contributed by atoms with Gasteiger partial charge in [0.05, 0.1) is 12.2 Å². The van der Waals surface area contributed by atoms with E-state index in [9.17, 15) is 14.4 Å². The van der Waals surface area contributed by atoms with E-state index in [1.165, 1.54) is 18.2 Å². The van der Waals surface area contributed by atoms with E-state index in [0.717, 1.165) is 6.42 Å². The van der Waals surface area contributed by atoms with Gasteiger partial charge in [0.25, 0.3) is 11.8 Å². The van der Waals surface area contributed by atoms with E-state index >= 15 is 0 Å². The molecule has 6 heteroatoms. The molecule has 126 valence electrons. The molecule has 0 saturated carbocycles. The van der Waals surface area contributed by atoms with Gasteiger partial charge in [-0.15, -0.1) is 0 Å². The Morgan fingerprint density at radius 1 is 1.04 bits per heavy atom. The van der Waals surface area contributed by atoms with Crippen molar-refractivity contribution in [2.24, 2.45) is 0 Å². The van der Waals surface area contributed by atoms with Gasteiger partial charge < -0.3 is 15.0 Å². The fourth-order valence-corrected chi connectivity index (χ4v) is 2.13. The number of hydrogen-bond acceptors (Lipinski definition) is 4. The quantitative estimate of drug-likeness (QED) is 0.781. The monoisotopic (exact) mass is 320 g/mol. The van der Waals surface area contributed by atoms with Crippen molar-refractivity contribution < 1.29 is 19.1 Å². The molecule has 23 heavy (non-hydrogen) atoms. The topological polar surface area (TPSA) is 75.7 Å². The summed E-state index contributed by atoms with van der Waals surface area (Å²) >= 11 is 0. The van der Waals surface area contributed by atoms with Crippen LogP contribution in [0.25, 0.3) is 0 Å².